The molecule has 78 valence electrons. The first-order valence-corrected chi connectivity index (χ1v) is 5.73. The van der Waals surface area contributed by atoms with E-state index in [4.69, 9.17) is 0 Å². The number of hydrogen-bond acceptors (Lipinski definition) is 2. The van der Waals surface area contributed by atoms with Crippen molar-refractivity contribution in [1.82, 2.24) is 10.2 Å². The first-order valence-electron chi connectivity index (χ1n) is 5.73. The maximum absolute atomic E-state index is 3.59. The SMILES string of the molecule is CCCN(C)C1CCCC1NCC. The van der Waals surface area contributed by atoms with Gasteiger partial charge in [0.1, 0.15) is 0 Å². The molecule has 0 amide bonds. The standard InChI is InChI=1S/C11H24N2/c1-4-9-13(3)11-8-6-7-10(11)12-5-2/h10-12H,4-9H2,1-3H3. The Kier molecular flexibility index (Phi) is 4.74. The first kappa shape index (κ1) is 11.0. The van der Waals surface area contributed by atoms with Gasteiger partial charge in [0.25, 0.3) is 0 Å². The summed E-state index contributed by atoms with van der Waals surface area (Å²) >= 11 is 0. The lowest BCUT2D eigenvalue weighted by Gasteiger charge is -2.29. The number of nitrogens with zero attached hydrogens (tertiary/aromatic N) is 1. The fraction of sp³-hybridized carbons (Fsp3) is 1.00. The van der Waals surface area contributed by atoms with Crippen molar-refractivity contribution < 1.29 is 0 Å². The largest absolute Gasteiger partial charge is 0.313 e. The highest BCUT2D eigenvalue weighted by Crippen LogP contribution is 2.23. The van der Waals surface area contributed by atoms with Gasteiger partial charge in [-0.1, -0.05) is 20.3 Å². The summed E-state index contributed by atoms with van der Waals surface area (Å²) in [5.74, 6) is 0. The molecule has 1 fully saturated rings. The van der Waals surface area contributed by atoms with Crippen molar-refractivity contribution in [2.45, 2.75) is 51.6 Å². The molecule has 0 radical (unpaired) electrons. The van der Waals surface area contributed by atoms with Gasteiger partial charge in [0.15, 0.2) is 0 Å². The molecule has 2 nitrogen and oxygen atoms in total. The predicted molar refractivity (Wildman–Crippen MR) is 58.0 cm³/mol. The van der Waals surface area contributed by atoms with E-state index in [9.17, 15) is 0 Å². The van der Waals surface area contributed by atoms with E-state index in [1.807, 2.05) is 0 Å². The molecule has 0 spiro atoms. The third kappa shape index (κ3) is 2.96. The van der Waals surface area contributed by atoms with Crippen LogP contribution in [0.2, 0.25) is 0 Å². The summed E-state index contributed by atoms with van der Waals surface area (Å²) < 4.78 is 0. The topological polar surface area (TPSA) is 15.3 Å². The summed E-state index contributed by atoms with van der Waals surface area (Å²) in [7, 11) is 2.27. The molecular weight excluding hydrogens is 160 g/mol. The Bertz CT molecular complexity index is 136. The average Bonchev–Trinajstić information content (AvgIpc) is 2.54. The van der Waals surface area contributed by atoms with Crippen LogP contribution in [0.25, 0.3) is 0 Å². The van der Waals surface area contributed by atoms with Gasteiger partial charge >= 0.3 is 0 Å². The molecule has 1 rings (SSSR count). The third-order valence-corrected chi connectivity index (χ3v) is 3.09. The number of rotatable bonds is 5. The lowest BCUT2D eigenvalue weighted by atomic mass is 10.1. The zero-order valence-electron chi connectivity index (χ0n) is 9.34. The number of likely N-dealkylation sites (N-methyl/N-ethyl adjacent to an activating group) is 2. The first-order chi connectivity index (χ1) is 6.29. The molecule has 1 saturated carbocycles. The Morgan fingerprint density at radius 1 is 1.31 bits per heavy atom. The summed E-state index contributed by atoms with van der Waals surface area (Å²) in [4.78, 5) is 2.53. The van der Waals surface area contributed by atoms with Crippen molar-refractivity contribution in [3.05, 3.63) is 0 Å². The van der Waals surface area contributed by atoms with Gasteiger partial charge in [-0.05, 0) is 39.4 Å². The van der Waals surface area contributed by atoms with Gasteiger partial charge in [0.05, 0.1) is 0 Å². The summed E-state index contributed by atoms with van der Waals surface area (Å²) in [6, 6.07) is 1.54. The molecule has 2 unspecified atom stereocenters. The van der Waals surface area contributed by atoms with Crippen LogP contribution in [0.3, 0.4) is 0 Å². The molecule has 1 N–H and O–H groups in total. The van der Waals surface area contributed by atoms with E-state index in [1.165, 1.54) is 32.2 Å². The van der Waals surface area contributed by atoms with Crippen LogP contribution >= 0.6 is 0 Å². The maximum atomic E-state index is 3.59. The molecule has 0 bridgehead atoms. The fourth-order valence-corrected chi connectivity index (χ4v) is 2.49. The van der Waals surface area contributed by atoms with E-state index >= 15 is 0 Å². The van der Waals surface area contributed by atoms with Gasteiger partial charge in [-0.3, -0.25) is 0 Å². The minimum atomic E-state index is 0.751. The van der Waals surface area contributed by atoms with Crippen LogP contribution in [0, 0.1) is 0 Å². The Balaban J connectivity index is 2.37. The molecule has 0 aromatic rings. The molecule has 2 atom stereocenters. The third-order valence-electron chi connectivity index (χ3n) is 3.09. The minimum Gasteiger partial charge on any atom is -0.313 e. The lowest BCUT2D eigenvalue weighted by Crippen LogP contribution is -2.45. The quantitative estimate of drug-likeness (QED) is 0.701. The Labute approximate surface area is 82.7 Å². The van der Waals surface area contributed by atoms with E-state index in [0.717, 1.165) is 18.6 Å². The second-order valence-corrected chi connectivity index (χ2v) is 4.14. The second kappa shape index (κ2) is 5.61. The molecule has 0 aliphatic heterocycles. The smallest absolute Gasteiger partial charge is 0.0246 e. The van der Waals surface area contributed by atoms with Gasteiger partial charge in [0.2, 0.25) is 0 Å². The Morgan fingerprint density at radius 2 is 2.08 bits per heavy atom. The van der Waals surface area contributed by atoms with Gasteiger partial charge < -0.3 is 10.2 Å². The second-order valence-electron chi connectivity index (χ2n) is 4.14. The van der Waals surface area contributed by atoms with Crippen molar-refractivity contribution in [3.8, 4) is 0 Å². The van der Waals surface area contributed by atoms with Crippen LogP contribution < -0.4 is 5.32 Å². The van der Waals surface area contributed by atoms with Crippen LogP contribution in [0.4, 0.5) is 0 Å². The van der Waals surface area contributed by atoms with Gasteiger partial charge in [-0.15, -0.1) is 0 Å². The molecule has 1 aliphatic carbocycles. The van der Waals surface area contributed by atoms with Crippen LogP contribution in [0.15, 0.2) is 0 Å². The summed E-state index contributed by atoms with van der Waals surface area (Å²) in [6.45, 7) is 6.82. The van der Waals surface area contributed by atoms with Gasteiger partial charge in [-0.2, -0.15) is 0 Å². The van der Waals surface area contributed by atoms with Crippen LogP contribution in [0.1, 0.15) is 39.5 Å². The van der Waals surface area contributed by atoms with Crippen molar-refractivity contribution in [1.29, 1.82) is 0 Å². The summed E-state index contributed by atoms with van der Waals surface area (Å²) in [5.41, 5.74) is 0. The molecule has 0 aromatic heterocycles. The highest BCUT2D eigenvalue weighted by Gasteiger charge is 2.28. The van der Waals surface area contributed by atoms with Crippen molar-refractivity contribution in [3.63, 3.8) is 0 Å². The molecule has 1 aliphatic rings. The molecule has 13 heavy (non-hydrogen) atoms. The van der Waals surface area contributed by atoms with Crippen LogP contribution in [-0.4, -0.2) is 37.1 Å². The minimum absolute atomic E-state index is 0.751. The van der Waals surface area contributed by atoms with Crippen molar-refractivity contribution in [2.24, 2.45) is 0 Å². The summed E-state index contributed by atoms with van der Waals surface area (Å²) in [5, 5.41) is 3.59. The van der Waals surface area contributed by atoms with E-state index < -0.39 is 0 Å². The molecule has 0 aromatic carbocycles. The maximum Gasteiger partial charge on any atom is 0.0246 e. The van der Waals surface area contributed by atoms with E-state index in [0.29, 0.717) is 0 Å². The Morgan fingerprint density at radius 3 is 2.69 bits per heavy atom. The van der Waals surface area contributed by atoms with Crippen LogP contribution in [0.5, 0.6) is 0 Å². The molecule has 0 saturated heterocycles. The van der Waals surface area contributed by atoms with Crippen LogP contribution in [-0.2, 0) is 0 Å². The van der Waals surface area contributed by atoms with Gasteiger partial charge in [0, 0.05) is 12.1 Å². The van der Waals surface area contributed by atoms with Gasteiger partial charge in [-0.25, -0.2) is 0 Å². The molecule has 2 heteroatoms. The number of nitrogens with one attached hydrogen (secondary N) is 1. The zero-order valence-corrected chi connectivity index (χ0v) is 9.34. The summed E-state index contributed by atoms with van der Waals surface area (Å²) in [6.07, 6.45) is 5.42. The van der Waals surface area contributed by atoms with E-state index in [2.05, 4.69) is 31.1 Å². The molecular formula is C11H24N2. The fourth-order valence-electron chi connectivity index (χ4n) is 2.49. The zero-order chi connectivity index (χ0) is 9.68. The normalized spacial score (nSPS) is 28.6. The van der Waals surface area contributed by atoms with Crippen molar-refractivity contribution in [2.75, 3.05) is 20.1 Å². The van der Waals surface area contributed by atoms with E-state index in [1.54, 1.807) is 0 Å². The van der Waals surface area contributed by atoms with Crippen molar-refractivity contribution >= 4 is 0 Å². The lowest BCUT2D eigenvalue weighted by molar-refractivity contribution is 0.213. The van der Waals surface area contributed by atoms with E-state index in [-0.39, 0.29) is 0 Å². The monoisotopic (exact) mass is 184 g/mol. The molecule has 0 heterocycles. The average molecular weight is 184 g/mol. The highest BCUT2D eigenvalue weighted by atomic mass is 15.2. The predicted octanol–water partition coefficient (Wildman–Crippen LogP) is 1.86. The highest BCUT2D eigenvalue weighted by molar-refractivity contribution is 4.88. The Hall–Kier alpha value is -0.0800. The number of hydrogen-bond donors (Lipinski definition) is 1.